The number of aromatic nitrogens is 1. The van der Waals surface area contributed by atoms with Crippen LogP contribution in [-0.4, -0.2) is 29.5 Å². The van der Waals surface area contributed by atoms with Crippen LogP contribution in [-0.2, 0) is 6.18 Å². The van der Waals surface area contributed by atoms with Crippen molar-refractivity contribution in [2.24, 2.45) is 0 Å². The lowest BCUT2D eigenvalue weighted by Gasteiger charge is -2.31. The van der Waals surface area contributed by atoms with Crippen LogP contribution < -0.4 is 16.0 Å². The lowest BCUT2D eigenvalue weighted by atomic mass is 9.90. The smallest absolute Gasteiger partial charge is 0.385 e. The molecular weight excluding hydrogens is 465 g/mol. The highest BCUT2D eigenvalue weighted by atomic mass is 35.5. The van der Waals surface area contributed by atoms with E-state index in [2.05, 4.69) is 20.9 Å². The standard InChI is InChI=1S/C25H26ClF3N4O/c1-2-30-19-5-3-4-15(12-19)24(34)32-18-9-7-17(8-10-18)31-22-14-23(25(27,28)29)33-21-11-6-16(26)13-20(21)22/h3-6,11-14,17-18,30H,2,7-10H2,1H3,(H,31,33)(H,32,34)/t17-,18+. The van der Waals surface area contributed by atoms with Crippen LogP contribution in [0, 0.1) is 0 Å². The van der Waals surface area contributed by atoms with E-state index in [-0.39, 0.29) is 23.5 Å². The molecular formula is C25H26ClF3N4O. The Labute approximate surface area is 201 Å². The molecule has 1 aliphatic rings. The van der Waals surface area contributed by atoms with Crippen molar-refractivity contribution < 1.29 is 18.0 Å². The van der Waals surface area contributed by atoms with Crippen molar-refractivity contribution in [3.63, 3.8) is 0 Å². The van der Waals surface area contributed by atoms with E-state index in [1.807, 2.05) is 25.1 Å². The molecule has 0 atom stereocenters. The van der Waals surface area contributed by atoms with Crippen LogP contribution >= 0.6 is 11.6 Å². The third-order valence-electron chi connectivity index (χ3n) is 5.99. The molecule has 1 aromatic heterocycles. The number of carbonyl (C=O) groups is 1. The summed E-state index contributed by atoms with van der Waals surface area (Å²) >= 11 is 6.09. The summed E-state index contributed by atoms with van der Waals surface area (Å²) in [5.74, 6) is -0.124. The lowest BCUT2D eigenvalue weighted by molar-refractivity contribution is -0.140. The van der Waals surface area contributed by atoms with Gasteiger partial charge in [-0.3, -0.25) is 4.79 Å². The maximum atomic E-state index is 13.4. The zero-order chi connectivity index (χ0) is 24.3. The molecule has 3 aromatic rings. The second kappa shape index (κ2) is 10.1. The topological polar surface area (TPSA) is 66.1 Å². The molecule has 0 bridgehead atoms. The van der Waals surface area contributed by atoms with Crippen molar-refractivity contribution in [1.82, 2.24) is 10.3 Å². The summed E-state index contributed by atoms with van der Waals surface area (Å²) in [7, 11) is 0. The third kappa shape index (κ3) is 5.73. The zero-order valence-corrected chi connectivity index (χ0v) is 19.4. The molecule has 1 fully saturated rings. The predicted molar refractivity (Wildman–Crippen MR) is 129 cm³/mol. The van der Waals surface area contributed by atoms with Crippen molar-refractivity contribution in [1.29, 1.82) is 0 Å². The second-order valence-corrected chi connectivity index (χ2v) is 8.93. The van der Waals surface area contributed by atoms with E-state index in [0.717, 1.165) is 31.1 Å². The van der Waals surface area contributed by atoms with E-state index < -0.39 is 11.9 Å². The minimum absolute atomic E-state index is 0.0164. The summed E-state index contributed by atoms with van der Waals surface area (Å²) in [4.78, 5) is 16.4. The summed E-state index contributed by atoms with van der Waals surface area (Å²) in [5, 5.41) is 10.5. The summed E-state index contributed by atoms with van der Waals surface area (Å²) in [6, 6.07) is 13.1. The first kappa shape index (κ1) is 24.1. The maximum absolute atomic E-state index is 13.4. The number of alkyl halides is 3. The zero-order valence-electron chi connectivity index (χ0n) is 18.7. The van der Waals surface area contributed by atoms with E-state index in [1.54, 1.807) is 12.1 Å². The lowest BCUT2D eigenvalue weighted by Crippen LogP contribution is -2.40. The molecule has 0 spiro atoms. The average Bonchev–Trinajstić information content (AvgIpc) is 2.80. The second-order valence-electron chi connectivity index (χ2n) is 8.49. The molecule has 1 saturated carbocycles. The van der Waals surface area contributed by atoms with Crippen molar-refractivity contribution >= 4 is 39.8 Å². The van der Waals surface area contributed by atoms with Crippen LogP contribution in [0.2, 0.25) is 5.02 Å². The SMILES string of the molecule is CCNc1cccc(C(=O)N[C@H]2CC[C@@H](Nc3cc(C(F)(F)F)nc4ccc(Cl)cc34)CC2)c1. The van der Waals surface area contributed by atoms with E-state index in [0.29, 0.717) is 34.5 Å². The largest absolute Gasteiger partial charge is 0.433 e. The number of nitrogens with zero attached hydrogens (tertiary/aromatic N) is 1. The summed E-state index contributed by atoms with van der Waals surface area (Å²) < 4.78 is 40.1. The molecule has 0 unspecified atom stereocenters. The molecule has 2 aromatic carbocycles. The fourth-order valence-corrected chi connectivity index (χ4v) is 4.48. The van der Waals surface area contributed by atoms with Crippen molar-refractivity contribution in [3.8, 4) is 0 Å². The maximum Gasteiger partial charge on any atom is 0.433 e. The van der Waals surface area contributed by atoms with E-state index in [4.69, 9.17) is 11.6 Å². The number of hydrogen-bond acceptors (Lipinski definition) is 4. The van der Waals surface area contributed by atoms with Crippen LogP contribution in [0.4, 0.5) is 24.5 Å². The van der Waals surface area contributed by atoms with Gasteiger partial charge in [-0.2, -0.15) is 13.2 Å². The molecule has 0 aliphatic heterocycles. The van der Waals surface area contributed by atoms with Gasteiger partial charge >= 0.3 is 6.18 Å². The molecule has 180 valence electrons. The molecule has 3 N–H and O–H groups in total. The number of pyridine rings is 1. The van der Waals surface area contributed by atoms with Gasteiger partial charge in [0.15, 0.2) is 0 Å². The third-order valence-corrected chi connectivity index (χ3v) is 6.22. The highest BCUT2D eigenvalue weighted by Crippen LogP contribution is 2.35. The van der Waals surface area contributed by atoms with Crippen molar-refractivity contribution in [3.05, 3.63) is 64.8 Å². The van der Waals surface area contributed by atoms with Gasteiger partial charge in [-0.05, 0) is 75.1 Å². The molecule has 1 aliphatic carbocycles. The molecule has 1 heterocycles. The Hall–Kier alpha value is -3.00. The highest BCUT2D eigenvalue weighted by Gasteiger charge is 2.34. The Morgan fingerprint density at radius 2 is 1.79 bits per heavy atom. The van der Waals surface area contributed by atoms with Gasteiger partial charge in [0.1, 0.15) is 5.69 Å². The molecule has 34 heavy (non-hydrogen) atoms. The van der Waals surface area contributed by atoms with Gasteiger partial charge in [0, 0.05) is 46.0 Å². The molecule has 0 radical (unpaired) electrons. The Balaban J connectivity index is 1.42. The normalized spacial score (nSPS) is 18.5. The molecule has 5 nitrogen and oxygen atoms in total. The Kier molecular flexibility index (Phi) is 7.16. The van der Waals surface area contributed by atoms with Crippen LogP contribution in [0.3, 0.4) is 0 Å². The van der Waals surface area contributed by atoms with Crippen LogP contribution in [0.25, 0.3) is 10.9 Å². The van der Waals surface area contributed by atoms with E-state index >= 15 is 0 Å². The fraction of sp³-hybridized carbons (Fsp3) is 0.360. The number of halogens is 4. The Morgan fingerprint density at radius 1 is 1.06 bits per heavy atom. The molecule has 1 amide bonds. The van der Waals surface area contributed by atoms with Gasteiger partial charge in [0.2, 0.25) is 0 Å². The van der Waals surface area contributed by atoms with E-state index in [9.17, 15) is 18.0 Å². The minimum Gasteiger partial charge on any atom is -0.385 e. The first-order valence-corrected chi connectivity index (χ1v) is 11.7. The van der Waals surface area contributed by atoms with Crippen LogP contribution in [0.15, 0.2) is 48.5 Å². The monoisotopic (exact) mass is 490 g/mol. The van der Waals surface area contributed by atoms with Gasteiger partial charge in [-0.25, -0.2) is 4.98 Å². The molecule has 9 heteroatoms. The average molecular weight is 491 g/mol. The number of rotatable bonds is 6. The van der Waals surface area contributed by atoms with E-state index in [1.165, 1.54) is 12.1 Å². The fourth-order valence-electron chi connectivity index (χ4n) is 4.31. The number of amides is 1. The number of fused-ring (bicyclic) bond motifs is 1. The molecule has 4 rings (SSSR count). The number of hydrogen-bond donors (Lipinski definition) is 3. The predicted octanol–water partition coefficient (Wildman–Crippen LogP) is 6.49. The summed E-state index contributed by atoms with van der Waals surface area (Å²) in [6.07, 6.45) is -1.66. The van der Waals surface area contributed by atoms with Gasteiger partial charge in [-0.1, -0.05) is 17.7 Å². The van der Waals surface area contributed by atoms with Crippen LogP contribution in [0.1, 0.15) is 48.7 Å². The number of nitrogens with one attached hydrogen (secondary N) is 3. The highest BCUT2D eigenvalue weighted by molar-refractivity contribution is 6.31. The number of carbonyl (C=O) groups excluding carboxylic acids is 1. The van der Waals surface area contributed by atoms with Gasteiger partial charge in [0.25, 0.3) is 5.91 Å². The van der Waals surface area contributed by atoms with Gasteiger partial charge in [0.05, 0.1) is 5.52 Å². The van der Waals surface area contributed by atoms with Gasteiger partial charge in [-0.15, -0.1) is 0 Å². The quantitative estimate of drug-likeness (QED) is 0.369. The number of benzene rings is 2. The Bertz CT molecular complexity index is 1180. The number of anilines is 2. The van der Waals surface area contributed by atoms with Crippen molar-refractivity contribution in [2.45, 2.75) is 50.9 Å². The Morgan fingerprint density at radius 3 is 2.50 bits per heavy atom. The first-order chi connectivity index (χ1) is 16.2. The van der Waals surface area contributed by atoms with Gasteiger partial charge < -0.3 is 16.0 Å². The van der Waals surface area contributed by atoms with Crippen molar-refractivity contribution in [2.75, 3.05) is 17.2 Å². The van der Waals surface area contributed by atoms with Crippen LogP contribution in [0.5, 0.6) is 0 Å². The summed E-state index contributed by atoms with van der Waals surface area (Å²) in [6.45, 7) is 2.76. The minimum atomic E-state index is -4.55. The molecule has 0 saturated heterocycles. The first-order valence-electron chi connectivity index (χ1n) is 11.3. The summed E-state index contributed by atoms with van der Waals surface area (Å²) in [5.41, 5.74) is 1.16.